The summed E-state index contributed by atoms with van der Waals surface area (Å²) in [7, 11) is -3.00. The van der Waals surface area contributed by atoms with E-state index in [0.29, 0.717) is 8.78 Å². The minimum absolute atomic E-state index is 0.135. The number of methoxy groups -OCH3 is 1. The van der Waals surface area contributed by atoms with Crippen LogP contribution in [0.15, 0.2) is 32.0 Å². The molecule has 0 saturated carbocycles. The first-order chi connectivity index (χ1) is 9.58. The van der Waals surface area contributed by atoms with Crippen molar-refractivity contribution < 1.29 is 26.3 Å². The zero-order valence-electron chi connectivity index (χ0n) is 10.8. The van der Waals surface area contributed by atoms with Gasteiger partial charge in [-0.1, -0.05) is 15.9 Å². The number of sulfonamides is 1. The van der Waals surface area contributed by atoms with Crippen molar-refractivity contribution in [2.45, 2.75) is 11.1 Å². The molecule has 0 amide bonds. The molecule has 0 bridgehead atoms. The Morgan fingerprint density at radius 3 is 2.38 bits per heavy atom. The van der Waals surface area contributed by atoms with Gasteiger partial charge in [0.15, 0.2) is 0 Å². The summed E-state index contributed by atoms with van der Waals surface area (Å²) in [6.45, 7) is -2.09. The molecule has 120 valence electrons. The fourth-order valence-electron chi connectivity index (χ4n) is 1.50. The van der Waals surface area contributed by atoms with Crippen LogP contribution in [0.4, 0.5) is 13.2 Å². The number of hydrogen-bond acceptors (Lipinski definition) is 3. The molecule has 0 aliphatic carbocycles. The summed E-state index contributed by atoms with van der Waals surface area (Å²) in [6.07, 6.45) is -4.64. The summed E-state index contributed by atoms with van der Waals surface area (Å²) >= 11 is 6.20. The molecular weight excluding hydrogens is 443 g/mol. The predicted octanol–water partition coefficient (Wildman–Crippen LogP) is 3.41. The van der Waals surface area contributed by atoms with Crippen molar-refractivity contribution in [1.29, 1.82) is 0 Å². The normalized spacial score (nSPS) is 12.9. The molecule has 1 rings (SSSR count). The average molecular weight is 455 g/mol. The molecule has 1 aromatic rings. The van der Waals surface area contributed by atoms with E-state index in [-0.39, 0.29) is 22.5 Å². The van der Waals surface area contributed by atoms with Gasteiger partial charge in [-0.25, -0.2) is 8.42 Å². The van der Waals surface area contributed by atoms with Crippen molar-refractivity contribution in [2.75, 3.05) is 26.8 Å². The summed E-state index contributed by atoms with van der Waals surface area (Å²) in [5, 5.41) is 0. The fraction of sp³-hybridized carbons (Fsp3) is 0.455. The topological polar surface area (TPSA) is 46.6 Å². The first-order valence-corrected chi connectivity index (χ1v) is 8.61. The minimum Gasteiger partial charge on any atom is -0.383 e. The van der Waals surface area contributed by atoms with Crippen LogP contribution < -0.4 is 0 Å². The SMILES string of the molecule is COCCN(CC(F)(F)F)S(=O)(=O)c1ccc(Br)cc1Br. The zero-order chi connectivity index (χ0) is 16.3. The standard InChI is InChI=1S/C11H12Br2F3NO3S/c1-20-5-4-17(7-11(14,15)16)21(18,19)10-3-2-8(12)6-9(10)13/h2-3,6H,4-5,7H2,1H3. The third-order valence-corrected chi connectivity index (χ3v) is 5.73. The molecule has 0 heterocycles. The van der Waals surface area contributed by atoms with E-state index in [2.05, 4.69) is 36.6 Å². The highest BCUT2D eigenvalue weighted by Crippen LogP contribution is 2.29. The predicted molar refractivity (Wildman–Crippen MR) is 78.5 cm³/mol. The van der Waals surface area contributed by atoms with Gasteiger partial charge in [0.05, 0.1) is 11.5 Å². The molecular formula is C11H12Br2F3NO3S. The lowest BCUT2D eigenvalue weighted by Gasteiger charge is -2.23. The maximum absolute atomic E-state index is 12.6. The van der Waals surface area contributed by atoms with E-state index in [1.807, 2.05) is 0 Å². The highest BCUT2D eigenvalue weighted by Gasteiger charge is 2.37. The third-order valence-electron chi connectivity index (χ3n) is 2.41. The van der Waals surface area contributed by atoms with Gasteiger partial charge in [-0.3, -0.25) is 0 Å². The number of hydrogen-bond donors (Lipinski definition) is 0. The number of ether oxygens (including phenoxy) is 1. The average Bonchev–Trinajstić information content (AvgIpc) is 2.32. The molecule has 10 heteroatoms. The van der Waals surface area contributed by atoms with Crippen LogP contribution in [0.3, 0.4) is 0 Å². The van der Waals surface area contributed by atoms with Gasteiger partial charge in [0.1, 0.15) is 6.54 Å². The van der Waals surface area contributed by atoms with Crippen molar-refractivity contribution >= 4 is 41.9 Å². The number of benzene rings is 1. The van der Waals surface area contributed by atoms with Crippen molar-refractivity contribution in [3.05, 3.63) is 27.1 Å². The first kappa shape index (κ1) is 18.9. The second-order valence-electron chi connectivity index (χ2n) is 4.02. The van der Waals surface area contributed by atoms with Gasteiger partial charge >= 0.3 is 6.18 Å². The molecule has 0 spiro atoms. The summed E-state index contributed by atoms with van der Waals surface area (Å²) in [5.74, 6) is 0. The molecule has 0 aliphatic heterocycles. The Balaban J connectivity index is 3.19. The Hall–Kier alpha value is -0.160. The Morgan fingerprint density at radius 2 is 1.90 bits per heavy atom. The van der Waals surface area contributed by atoms with E-state index in [1.54, 1.807) is 0 Å². The van der Waals surface area contributed by atoms with Crippen LogP contribution in [-0.4, -0.2) is 45.7 Å². The molecule has 1 aromatic carbocycles. The van der Waals surface area contributed by atoms with Crippen LogP contribution in [0.1, 0.15) is 0 Å². The molecule has 0 radical (unpaired) electrons. The summed E-state index contributed by atoms with van der Waals surface area (Å²) in [6, 6.07) is 4.13. The highest BCUT2D eigenvalue weighted by atomic mass is 79.9. The van der Waals surface area contributed by atoms with Crippen LogP contribution in [-0.2, 0) is 14.8 Å². The van der Waals surface area contributed by atoms with Crippen molar-refractivity contribution in [2.24, 2.45) is 0 Å². The highest BCUT2D eigenvalue weighted by molar-refractivity contribution is 9.11. The molecule has 0 saturated heterocycles. The second kappa shape index (κ2) is 7.40. The van der Waals surface area contributed by atoms with Crippen molar-refractivity contribution in [3.8, 4) is 0 Å². The molecule has 0 atom stereocenters. The van der Waals surface area contributed by atoms with Gasteiger partial charge < -0.3 is 4.74 Å². The van der Waals surface area contributed by atoms with E-state index in [9.17, 15) is 21.6 Å². The number of alkyl halides is 3. The van der Waals surface area contributed by atoms with Gasteiger partial charge in [-0.15, -0.1) is 0 Å². The lowest BCUT2D eigenvalue weighted by molar-refractivity contribution is -0.136. The fourth-order valence-corrected chi connectivity index (χ4v) is 4.62. The van der Waals surface area contributed by atoms with Gasteiger partial charge in [0.2, 0.25) is 10.0 Å². The van der Waals surface area contributed by atoms with Crippen LogP contribution in [0.25, 0.3) is 0 Å². The van der Waals surface area contributed by atoms with Crippen LogP contribution in [0.5, 0.6) is 0 Å². The number of rotatable bonds is 6. The van der Waals surface area contributed by atoms with Gasteiger partial charge in [-0.05, 0) is 34.1 Å². The van der Waals surface area contributed by atoms with Crippen molar-refractivity contribution in [1.82, 2.24) is 4.31 Å². The van der Waals surface area contributed by atoms with Crippen LogP contribution >= 0.6 is 31.9 Å². The minimum atomic E-state index is -4.64. The molecule has 0 aliphatic rings. The maximum atomic E-state index is 12.6. The number of nitrogens with zero attached hydrogens (tertiary/aromatic N) is 1. The lowest BCUT2D eigenvalue weighted by atomic mass is 10.4. The van der Waals surface area contributed by atoms with E-state index in [1.165, 1.54) is 25.3 Å². The van der Waals surface area contributed by atoms with Crippen LogP contribution in [0.2, 0.25) is 0 Å². The Labute approximate surface area is 137 Å². The monoisotopic (exact) mass is 453 g/mol. The van der Waals surface area contributed by atoms with E-state index in [0.717, 1.165) is 0 Å². The van der Waals surface area contributed by atoms with Gasteiger partial charge in [-0.2, -0.15) is 17.5 Å². The molecule has 0 unspecified atom stereocenters. The van der Waals surface area contributed by atoms with Crippen molar-refractivity contribution in [3.63, 3.8) is 0 Å². The lowest BCUT2D eigenvalue weighted by Crippen LogP contribution is -2.40. The molecule has 4 nitrogen and oxygen atoms in total. The van der Waals surface area contributed by atoms with Gasteiger partial charge in [0.25, 0.3) is 0 Å². The van der Waals surface area contributed by atoms with Crippen LogP contribution in [0, 0.1) is 0 Å². The molecule has 0 N–H and O–H groups in total. The van der Waals surface area contributed by atoms with E-state index in [4.69, 9.17) is 0 Å². The Kier molecular flexibility index (Phi) is 6.66. The quantitative estimate of drug-likeness (QED) is 0.661. The first-order valence-electron chi connectivity index (χ1n) is 5.59. The largest absolute Gasteiger partial charge is 0.402 e. The van der Waals surface area contributed by atoms with Gasteiger partial charge in [0, 0.05) is 22.6 Å². The Morgan fingerprint density at radius 1 is 1.29 bits per heavy atom. The summed E-state index contributed by atoms with van der Waals surface area (Å²) in [4.78, 5) is -0.231. The second-order valence-corrected chi connectivity index (χ2v) is 7.70. The molecule has 0 fully saturated rings. The van der Waals surface area contributed by atoms with E-state index < -0.39 is 22.7 Å². The summed E-state index contributed by atoms with van der Waals surface area (Å²) in [5.41, 5.74) is 0. The molecule has 0 aromatic heterocycles. The third kappa shape index (κ3) is 5.51. The Bertz CT molecular complexity index is 593. The maximum Gasteiger partial charge on any atom is 0.402 e. The zero-order valence-corrected chi connectivity index (χ0v) is 14.8. The molecule has 21 heavy (non-hydrogen) atoms. The number of halogens is 5. The van der Waals surface area contributed by atoms with E-state index >= 15 is 0 Å². The summed E-state index contributed by atoms with van der Waals surface area (Å²) < 4.78 is 68.3. The smallest absolute Gasteiger partial charge is 0.383 e.